The minimum atomic E-state index is -4.73. The van der Waals surface area contributed by atoms with Crippen LogP contribution < -0.4 is 4.74 Å². The van der Waals surface area contributed by atoms with Gasteiger partial charge in [0.2, 0.25) is 0 Å². The van der Waals surface area contributed by atoms with Crippen molar-refractivity contribution in [2.45, 2.75) is 39.6 Å². The molecule has 2 aromatic rings. The predicted octanol–water partition coefficient (Wildman–Crippen LogP) is 3.58. The quantitative estimate of drug-likeness (QED) is 0.834. The Bertz CT molecular complexity index is 674. The van der Waals surface area contributed by atoms with Crippen LogP contribution in [0.1, 0.15) is 32.4 Å². The van der Waals surface area contributed by atoms with Crippen LogP contribution in [0.15, 0.2) is 36.9 Å². The number of ketones is 1. The fraction of sp³-hybridized carbons (Fsp3) is 0.438. The molecule has 24 heavy (non-hydrogen) atoms. The second kappa shape index (κ2) is 6.62. The topological polar surface area (TPSA) is 57.0 Å². The molecule has 0 saturated carbocycles. The van der Waals surface area contributed by atoms with E-state index in [4.69, 9.17) is 0 Å². The van der Waals surface area contributed by atoms with Crippen LogP contribution in [-0.2, 0) is 11.2 Å². The normalized spacial score (nSPS) is 13.6. The van der Waals surface area contributed by atoms with E-state index in [0.717, 1.165) is 0 Å². The van der Waals surface area contributed by atoms with Crippen molar-refractivity contribution < 1.29 is 22.7 Å². The third-order valence-corrected chi connectivity index (χ3v) is 3.38. The van der Waals surface area contributed by atoms with Crippen molar-refractivity contribution in [1.29, 1.82) is 0 Å². The summed E-state index contributed by atoms with van der Waals surface area (Å²) in [5, 5.41) is 4.02. The molecule has 0 bridgehead atoms. The van der Waals surface area contributed by atoms with Crippen LogP contribution in [0, 0.1) is 5.41 Å². The lowest BCUT2D eigenvalue weighted by atomic mass is 9.84. The lowest BCUT2D eigenvalue weighted by molar-refractivity contribution is -0.274. The first-order valence-electron chi connectivity index (χ1n) is 7.29. The molecular formula is C16H18F3N3O2. The summed E-state index contributed by atoms with van der Waals surface area (Å²) < 4.78 is 41.9. The van der Waals surface area contributed by atoms with E-state index < -0.39 is 17.8 Å². The smallest absolute Gasteiger partial charge is 0.406 e. The van der Waals surface area contributed by atoms with Crippen LogP contribution in [-0.4, -0.2) is 26.9 Å². The molecule has 0 N–H and O–H groups in total. The second-order valence-corrected chi connectivity index (χ2v) is 6.40. The van der Waals surface area contributed by atoms with Gasteiger partial charge in [0, 0.05) is 11.8 Å². The SMILES string of the molecule is CC(C)(C)C(=O)C(Cc1ccc(OC(F)(F)F)cc1)n1cncn1. The number of halogens is 3. The molecule has 0 fully saturated rings. The van der Waals surface area contributed by atoms with Gasteiger partial charge in [-0.05, 0) is 17.7 Å². The van der Waals surface area contributed by atoms with E-state index in [1.165, 1.54) is 41.6 Å². The Morgan fingerprint density at radius 3 is 2.29 bits per heavy atom. The first-order chi connectivity index (χ1) is 11.1. The van der Waals surface area contributed by atoms with Gasteiger partial charge in [-0.15, -0.1) is 13.2 Å². The summed E-state index contributed by atoms with van der Waals surface area (Å²) in [6.07, 6.45) is -1.64. The van der Waals surface area contributed by atoms with Crippen molar-refractivity contribution in [3.63, 3.8) is 0 Å². The largest absolute Gasteiger partial charge is 0.573 e. The molecule has 0 amide bonds. The number of nitrogens with zero attached hydrogens (tertiary/aromatic N) is 3. The molecular weight excluding hydrogens is 323 g/mol. The lowest BCUT2D eigenvalue weighted by Gasteiger charge is -2.24. The number of ether oxygens (including phenoxy) is 1. The molecule has 0 saturated heterocycles. The van der Waals surface area contributed by atoms with Gasteiger partial charge in [-0.1, -0.05) is 32.9 Å². The van der Waals surface area contributed by atoms with Crippen LogP contribution in [0.3, 0.4) is 0 Å². The van der Waals surface area contributed by atoms with Crippen molar-refractivity contribution in [2.75, 3.05) is 0 Å². The lowest BCUT2D eigenvalue weighted by Crippen LogP contribution is -2.32. The Kier molecular flexibility index (Phi) is 4.96. The molecule has 0 aliphatic rings. The number of benzene rings is 1. The minimum Gasteiger partial charge on any atom is -0.406 e. The molecule has 5 nitrogen and oxygen atoms in total. The van der Waals surface area contributed by atoms with Crippen molar-refractivity contribution >= 4 is 5.78 Å². The maximum Gasteiger partial charge on any atom is 0.573 e. The third kappa shape index (κ3) is 4.81. The van der Waals surface area contributed by atoms with Crippen molar-refractivity contribution in [3.05, 3.63) is 42.5 Å². The Balaban J connectivity index is 2.20. The Morgan fingerprint density at radius 1 is 1.21 bits per heavy atom. The minimum absolute atomic E-state index is 0.0383. The molecule has 130 valence electrons. The molecule has 1 aromatic carbocycles. The van der Waals surface area contributed by atoms with E-state index in [-0.39, 0.29) is 11.5 Å². The molecule has 1 unspecified atom stereocenters. The van der Waals surface area contributed by atoms with Gasteiger partial charge in [-0.3, -0.25) is 4.79 Å². The fourth-order valence-electron chi connectivity index (χ4n) is 2.23. The number of aromatic nitrogens is 3. The number of carbonyl (C=O) groups excluding carboxylic acids is 1. The van der Waals surface area contributed by atoms with Gasteiger partial charge in [-0.2, -0.15) is 5.10 Å². The summed E-state index contributed by atoms with van der Waals surface area (Å²) in [7, 11) is 0. The number of hydrogen-bond donors (Lipinski definition) is 0. The molecule has 1 heterocycles. The van der Waals surface area contributed by atoms with E-state index in [2.05, 4.69) is 14.8 Å². The predicted molar refractivity (Wildman–Crippen MR) is 80.4 cm³/mol. The van der Waals surface area contributed by atoms with Crippen LogP contribution in [0.5, 0.6) is 5.75 Å². The summed E-state index contributed by atoms with van der Waals surface area (Å²) >= 11 is 0. The highest BCUT2D eigenvalue weighted by molar-refractivity contribution is 5.87. The molecule has 0 aliphatic heterocycles. The third-order valence-electron chi connectivity index (χ3n) is 3.38. The van der Waals surface area contributed by atoms with Crippen LogP contribution in [0.4, 0.5) is 13.2 Å². The number of alkyl halides is 3. The molecule has 8 heteroatoms. The first kappa shape index (κ1) is 18.0. The fourth-order valence-corrected chi connectivity index (χ4v) is 2.23. The molecule has 2 rings (SSSR count). The van der Waals surface area contributed by atoms with E-state index in [0.29, 0.717) is 12.0 Å². The Morgan fingerprint density at radius 2 is 1.83 bits per heavy atom. The average Bonchev–Trinajstić information content (AvgIpc) is 2.97. The van der Waals surface area contributed by atoms with Crippen LogP contribution >= 0.6 is 0 Å². The highest BCUT2D eigenvalue weighted by atomic mass is 19.4. The van der Waals surface area contributed by atoms with Crippen molar-refractivity contribution in [1.82, 2.24) is 14.8 Å². The molecule has 0 radical (unpaired) electrons. The summed E-state index contributed by atoms with van der Waals surface area (Å²) in [4.78, 5) is 16.5. The second-order valence-electron chi connectivity index (χ2n) is 6.40. The molecule has 0 spiro atoms. The van der Waals surface area contributed by atoms with E-state index >= 15 is 0 Å². The molecule has 1 aromatic heterocycles. The maximum absolute atomic E-state index is 12.7. The van der Waals surface area contributed by atoms with Crippen LogP contribution in [0.25, 0.3) is 0 Å². The first-order valence-corrected chi connectivity index (χ1v) is 7.29. The highest BCUT2D eigenvalue weighted by Crippen LogP contribution is 2.27. The van der Waals surface area contributed by atoms with Gasteiger partial charge < -0.3 is 4.74 Å². The van der Waals surface area contributed by atoms with Crippen molar-refractivity contribution in [3.8, 4) is 5.75 Å². The number of carbonyl (C=O) groups is 1. The zero-order valence-electron chi connectivity index (χ0n) is 13.5. The number of rotatable bonds is 5. The average molecular weight is 341 g/mol. The van der Waals surface area contributed by atoms with Gasteiger partial charge >= 0.3 is 6.36 Å². The summed E-state index contributed by atoms with van der Waals surface area (Å²) in [6, 6.07) is 4.87. The highest BCUT2D eigenvalue weighted by Gasteiger charge is 2.32. The zero-order valence-corrected chi connectivity index (χ0v) is 13.5. The van der Waals surface area contributed by atoms with Gasteiger partial charge in [0.15, 0.2) is 5.78 Å². The molecule has 1 atom stereocenters. The monoisotopic (exact) mass is 341 g/mol. The standard InChI is InChI=1S/C16H18F3N3O2/c1-15(2,3)14(23)13(22-10-20-9-21-22)8-11-4-6-12(7-5-11)24-16(17,18)19/h4-7,9-10,13H,8H2,1-3H3. The van der Waals surface area contributed by atoms with Gasteiger partial charge in [-0.25, -0.2) is 9.67 Å². The number of Topliss-reactive ketones (excluding diaryl/α,β-unsaturated/α-hetero) is 1. The number of hydrogen-bond acceptors (Lipinski definition) is 4. The van der Waals surface area contributed by atoms with Gasteiger partial charge in [0.1, 0.15) is 24.4 Å². The van der Waals surface area contributed by atoms with E-state index in [1.807, 2.05) is 0 Å². The summed E-state index contributed by atoms with van der Waals surface area (Å²) in [5.74, 6) is -0.339. The Labute approximate surface area is 137 Å². The zero-order chi connectivity index (χ0) is 18.0. The van der Waals surface area contributed by atoms with E-state index in [1.54, 1.807) is 20.8 Å². The molecule has 0 aliphatic carbocycles. The summed E-state index contributed by atoms with van der Waals surface area (Å²) in [6.45, 7) is 5.42. The summed E-state index contributed by atoms with van der Waals surface area (Å²) in [5.41, 5.74) is 0.110. The maximum atomic E-state index is 12.7. The van der Waals surface area contributed by atoms with Crippen LogP contribution in [0.2, 0.25) is 0 Å². The van der Waals surface area contributed by atoms with Gasteiger partial charge in [0.25, 0.3) is 0 Å². The Hall–Kier alpha value is -2.38. The van der Waals surface area contributed by atoms with Gasteiger partial charge in [0.05, 0.1) is 0 Å². The van der Waals surface area contributed by atoms with Crippen molar-refractivity contribution in [2.24, 2.45) is 5.41 Å². The van der Waals surface area contributed by atoms with E-state index in [9.17, 15) is 18.0 Å².